The Hall–Kier alpha value is -1.06. The number of rotatable bonds is 22. The second-order valence-electron chi connectivity index (χ2n) is 8.36. The zero-order valence-corrected chi connectivity index (χ0v) is 18.9. The van der Waals surface area contributed by atoms with E-state index in [4.69, 9.17) is 11.5 Å². The van der Waals surface area contributed by atoms with Gasteiger partial charge < -0.3 is 11.5 Å². The molecule has 0 atom stereocenters. The zero-order valence-electron chi connectivity index (χ0n) is 18.9. The van der Waals surface area contributed by atoms with Crippen molar-refractivity contribution in [1.29, 1.82) is 0 Å². The maximum atomic E-state index is 11.9. The predicted octanol–water partition coefficient (Wildman–Crippen LogP) is 6.65. The average molecular weight is 396 g/mol. The standard InChI is InChI=1S/C24H49N3O/c1-2-3-4-5-6-7-8-9-10-11-12-13-14-15-17-20-23(28)21-18-16-19-22-27-24(25)26/h2-22H2,1H3,(H4,25,26,27). The summed E-state index contributed by atoms with van der Waals surface area (Å²) in [7, 11) is 0. The van der Waals surface area contributed by atoms with Gasteiger partial charge in [-0.3, -0.25) is 9.79 Å². The van der Waals surface area contributed by atoms with Crippen molar-refractivity contribution in [2.75, 3.05) is 6.54 Å². The number of Topliss-reactive ketones (excluding diaryl/α,β-unsaturated/α-hetero) is 1. The molecule has 0 saturated carbocycles. The van der Waals surface area contributed by atoms with Gasteiger partial charge in [-0.05, 0) is 19.3 Å². The topological polar surface area (TPSA) is 81.5 Å². The van der Waals surface area contributed by atoms with Crippen LogP contribution in [0.3, 0.4) is 0 Å². The van der Waals surface area contributed by atoms with Crippen molar-refractivity contribution in [1.82, 2.24) is 0 Å². The SMILES string of the molecule is CCCCCCCCCCCCCCCCCC(=O)CCCCCN=C(N)N. The number of unbranched alkanes of at least 4 members (excludes halogenated alkanes) is 16. The van der Waals surface area contributed by atoms with Gasteiger partial charge in [-0.1, -0.05) is 103 Å². The van der Waals surface area contributed by atoms with E-state index in [0.717, 1.165) is 38.5 Å². The summed E-state index contributed by atoms with van der Waals surface area (Å²) in [6.45, 7) is 2.96. The predicted molar refractivity (Wildman–Crippen MR) is 124 cm³/mol. The Bertz CT molecular complexity index is 365. The molecule has 0 heterocycles. The maximum Gasteiger partial charge on any atom is 0.185 e. The van der Waals surface area contributed by atoms with Crippen LogP contribution >= 0.6 is 0 Å². The van der Waals surface area contributed by atoms with Gasteiger partial charge in [0.1, 0.15) is 5.78 Å². The first-order valence-corrected chi connectivity index (χ1v) is 12.2. The Morgan fingerprint density at radius 1 is 0.571 bits per heavy atom. The minimum absolute atomic E-state index is 0.157. The molecule has 4 heteroatoms. The van der Waals surface area contributed by atoms with Crippen molar-refractivity contribution in [3.8, 4) is 0 Å². The molecule has 4 N–H and O–H groups in total. The van der Waals surface area contributed by atoms with Gasteiger partial charge in [-0.15, -0.1) is 0 Å². The molecule has 0 unspecified atom stereocenters. The highest BCUT2D eigenvalue weighted by molar-refractivity contribution is 5.78. The number of nitrogens with two attached hydrogens (primary N) is 2. The van der Waals surface area contributed by atoms with Crippen LogP contribution in [0.25, 0.3) is 0 Å². The van der Waals surface area contributed by atoms with Gasteiger partial charge in [0, 0.05) is 19.4 Å². The monoisotopic (exact) mass is 395 g/mol. The number of guanidine groups is 1. The van der Waals surface area contributed by atoms with E-state index in [-0.39, 0.29) is 5.96 Å². The quantitative estimate of drug-likeness (QED) is 0.122. The molecule has 0 aromatic rings. The highest BCUT2D eigenvalue weighted by Crippen LogP contribution is 2.14. The third-order valence-corrected chi connectivity index (χ3v) is 5.47. The van der Waals surface area contributed by atoms with Gasteiger partial charge in [-0.2, -0.15) is 0 Å². The first-order chi connectivity index (χ1) is 13.7. The van der Waals surface area contributed by atoms with E-state index in [0.29, 0.717) is 12.3 Å². The molecule has 0 rings (SSSR count). The summed E-state index contributed by atoms with van der Waals surface area (Å²) in [5.74, 6) is 0.584. The van der Waals surface area contributed by atoms with Crippen molar-refractivity contribution in [3.63, 3.8) is 0 Å². The molecule has 0 aliphatic rings. The van der Waals surface area contributed by atoms with Gasteiger partial charge in [0.05, 0.1) is 0 Å². The molecule has 28 heavy (non-hydrogen) atoms. The zero-order chi connectivity index (χ0) is 20.7. The lowest BCUT2D eigenvalue weighted by atomic mass is 10.0. The fraction of sp³-hybridized carbons (Fsp3) is 0.917. The number of carbonyl (C=O) groups excluding carboxylic acids is 1. The Morgan fingerprint density at radius 2 is 0.929 bits per heavy atom. The Balaban J connectivity index is 3.16. The van der Waals surface area contributed by atoms with E-state index in [1.165, 1.54) is 89.9 Å². The summed E-state index contributed by atoms with van der Waals surface area (Å²) in [5.41, 5.74) is 10.6. The Labute approximate surface area is 175 Å². The van der Waals surface area contributed by atoms with Crippen molar-refractivity contribution in [2.24, 2.45) is 16.5 Å². The van der Waals surface area contributed by atoms with Crippen molar-refractivity contribution >= 4 is 11.7 Å². The molecule has 0 radical (unpaired) electrons. The minimum Gasteiger partial charge on any atom is -0.370 e. The van der Waals surface area contributed by atoms with Crippen LogP contribution in [0.1, 0.15) is 135 Å². The summed E-state index contributed by atoms with van der Waals surface area (Å²) >= 11 is 0. The van der Waals surface area contributed by atoms with E-state index < -0.39 is 0 Å². The highest BCUT2D eigenvalue weighted by atomic mass is 16.1. The molecule has 166 valence electrons. The van der Waals surface area contributed by atoms with Gasteiger partial charge in [0.25, 0.3) is 0 Å². The van der Waals surface area contributed by atoms with Crippen LogP contribution in [0.2, 0.25) is 0 Å². The van der Waals surface area contributed by atoms with Crippen LogP contribution in [-0.4, -0.2) is 18.3 Å². The molecule has 0 aromatic heterocycles. The van der Waals surface area contributed by atoms with E-state index in [9.17, 15) is 4.79 Å². The third-order valence-electron chi connectivity index (χ3n) is 5.47. The van der Waals surface area contributed by atoms with E-state index in [2.05, 4.69) is 11.9 Å². The molecule has 0 spiro atoms. The lowest BCUT2D eigenvalue weighted by Gasteiger charge is -2.04. The van der Waals surface area contributed by atoms with Gasteiger partial charge in [0.2, 0.25) is 0 Å². The van der Waals surface area contributed by atoms with Crippen LogP contribution in [0, 0.1) is 0 Å². The molecule has 0 saturated heterocycles. The molecule has 0 aliphatic carbocycles. The maximum absolute atomic E-state index is 11.9. The molecular formula is C24H49N3O. The highest BCUT2D eigenvalue weighted by Gasteiger charge is 2.02. The molecular weight excluding hydrogens is 346 g/mol. The molecule has 0 amide bonds. The molecule has 0 aliphatic heterocycles. The number of hydrogen-bond donors (Lipinski definition) is 2. The van der Waals surface area contributed by atoms with Crippen LogP contribution in [0.15, 0.2) is 4.99 Å². The van der Waals surface area contributed by atoms with Crippen LogP contribution < -0.4 is 11.5 Å². The van der Waals surface area contributed by atoms with E-state index in [1.54, 1.807) is 0 Å². The third kappa shape index (κ3) is 23.0. The molecule has 0 aromatic carbocycles. The molecule has 0 bridgehead atoms. The summed E-state index contributed by atoms with van der Waals surface area (Å²) in [6.07, 6.45) is 24.9. The smallest absolute Gasteiger partial charge is 0.185 e. The normalized spacial score (nSPS) is 10.9. The Morgan fingerprint density at radius 3 is 1.32 bits per heavy atom. The number of aliphatic imine (C=N–C) groups is 1. The summed E-state index contributed by atoms with van der Waals surface area (Å²) in [6, 6.07) is 0. The summed E-state index contributed by atoms with van der Waals surface area (Å²) in [5, 5.41) is 0. The Kier molecular flexibility index (Phi) is 21.4. The second-order valence-corrected chi connectivity index (χ2v) is 8.36. The van der Waals surface area contributed by atoms with E-state index >= 15 is 0 Å². The second kappa shape index (κ2) is 22.2. The average Bonchev–Trinajstić information content (AvgIpc) is 2.67. The fourth-order valence-electron chi connectivity index (χ4n) is 3.64. The largest absolute Gasteiger partial charge is 0.370 e. The van der Waals surface area contributed by atoms with E-state index in [1.807, 2.05) is 0 Å². The van der Waals surface area contributed by atoms with Crippen LogP contribution in [-0.2, 0) is 4.79 Å². The lowest BCUT2D eigenvalue weighted by Crippen LogP contribution is -2.22. The number of ketones is 1. The van der Waals surface area contributed by atoms with Crippen molar-refractivity contribution in [2.45, 2.75) is 135 Å². The van der Waals surface area contributed by atoms with Crippen molar-refractivity contribution < 1.29 is 4.79 Å². The van der Waals surface area contributed by atoms with Crippen molar-refractivity contribution in [3.05, 3.63) is 0 Å². The summed E-state index contributed by atoms with van der Waals surface area (Å²) in [4.78, 5) is 15.8. The minimum atomic E-state index is 0.157. The summed E-state index contributed by atoms with van der Waals surface area (Å²) < 4.78 is 0. The number of nitrogens with zero attached hydrogens (tertiary/aromatic N) is 1. The first kappa shape index (κ1) is 26.9. The van der Waals surface area contributed by atoms with Gasteiger partial charge >= 0.3 is 0 Å². The van der Waals surface area contributed by atoms with Crippen LogP contribution in [0.5, 0.6) is 0 Å². The van der Waals surface area contributed by atoms with Gasteiger partial charge in [0.15, 0.2) is 5.96 Å². The van der Waals surface area contributed by atoms with Gasteiger partial charge in [-0.25, -0.2) is 0 Å². The number of hydrogen-bond acceptors (Lipinski definition) is 2. The number of carbonyl (C=O) groups is 1. The van der Waals surface area contributed by atoms with Crippen LogP contribution in [0.4, 0.5) is 0 Å². The molecule has 4 nitrogen and oxygen atoms in total. The fourth-order valence-corrected chi connectivity index (χ4v) is 3.64. The molecule has 0 fully saturated rings. The first-order valence-electron chi connectivity index (χ1n) is 12.2. The lowest BCUT2D eigenvalue weighted by molar-refractivity contribution is -0.119.